The average molecular weight is 325 g/mol. The smallest absolute Gasteiger partial charge is 0.137 e. The van der Waals surface area contributed by atoms with E-state index < -0.39 is 0 Å². The number of H-pyrrole nitrogens is 1. The lowest BCUT2D eigenvalue weighted by Crippen LogP contribution is -2.30. The molecule has 124 valence electrons. The standard InChI is InChI=1S/C18H20FN5/c1-12-20-9-15(23(12)2)10-24-7-6-16-17(11-24)22-18(21-16)13-4-3-5-14(19)8-13/h3-5,8-9H,6-7,10-11H2,1-2H3,(H,21,22). The summed E-state index contributed by atoms with van der Waals surface area (Å²) in [5.74, 6) is 1.53. The largest absolute Gasteiger partial charge is 0.341 e. The van der Waals surface area contributed by atoms with Gasteiger partial charge in [-0.05, 0) is 19.1 Å². The van der Waals surface area contributed by atoms with E-state index in [9.17, 15) is 4.39 Å². The number of hydrogen-bond donors (Lipinski definition) is 1. The Labute approximate surface area is 140 Å². The molecule has 0 saturated heterocycles. The van der Waals surface area contributed by atoms with E-state index in [2.05, 4.69) is 24.4 Å². The maximum atomic E-state index is 13.4. The summed E-state index contributed by atoms with van der Waals surface area (Å²) in [5.41, 5.74) is 4.21. The van der Waals surface area contributed by atoms with Crippen LogP contribution in [0.3, 0.4) is 0 Å². The molecule has 1 aliphatic rings. The van der Waals surface area contributed by atoms with Gasteiger partial charge in [-0.15, -0.1) is 0 Å². The molecule has 3 aromatic rings. The molecule has 0 spiro atoms. The van der Waals surface area contributed by atoms with Crippen molar-refractivity contribution in [1.82, 2.24) is 24.4 Å². The molecular weight excluding hydrogens is 305 g/mol. The third-order valence-corrected chi connectivity index (χ3v) is 4.71. The van der Waals surface area contributed by atoms with Crippen molar-refractivity contribution in [1.29, 1.82) is 0 Å². The van der Waals surface area contributed by atoms with E-state index in [0.717, 1.165) is 54.7 Å². The number of hydrogen-bond acceptors (Lipinski definition) is 3. The molecule has 0 saturated carbocycles. The Morgan fingerprint density at radius 2 is 2.21 bits per heavy atom. The molecule has 0 amide bonds. The number of fused-ring (bicyclic) bond motifs is 1. The molecule has 0 atom stereocenters. The van der Waals surface area contributed by atoms with E-state index in [-0.39, 0.29) is 5.82 Å². The molecule has 1 N–H and O–H groups in total. The molecule has 6 heteroatoms. The number of aromatic amines is 1. The molecule has 24 heavy (non-hydrogen) atoms. The summed E-state index contributed by atoms with van der Waals surface area (Å²) in [6.45, 7) is 4.66. The van der Waals surface area contributed by atoms with Gasteiger partial charge < -0.3 is 9.55 Å². The fourth-order valence-electron chi connectivity index (χ4n) is 3.18. The van der Waals surface area contributed by atoms with Crippen molar-refractivity contribution < 1.29 is 4.39 Å². The van der Waals surface area contributed by atoms with Crippen molar-refractivity contribution in [2.75, 3.05) is 6.54 Å². The first-order valence-corrected chi connectivity index (χ1v) is 8.13. The van der Waals surface area contributed by atoms with Gasteiger partial charge in [0.05, 0.1) is 17.1 Å². The molecule has 1 aliphatic heterocycles. The molecule has 0 aliphatic carbocycles. The molecule has 0 radical (unpaired) electrons. The zero-order valence-electron chi connectivity index (χ0n) is 13.9. The van der Waals surface area contributed by atoms with Crippen LogP contribution in [0.2, 0.25) is 0 Å². The Morgan fingerprint density at radius 1 is 1.33 bits per heavy atom. The van der Waals surface area contributed by atoms with E-state index in [1.165, 1.54) is 17.8 Å². The Kier molecular flexibility index (Phi) is 3.69. The second-order valence-corrected chi connectivity index (χ2v) is 6.34. The van der Waals surface area contributed by atoms with Gasteiger partial charge in [0.15, 0.2) is 0 Å². The van der Waals surface area contributed by atoms with E-state index in [4.69, 9.17) is 0 Å². The summed E-state index contributed by atoms with van der Waals surface area (Å²) in [6.07, 6.45) is 2.84. The van der Waals surface area contributed by atoms with Gasteiger partial charge >= 0.3 is 0 Å². The van der Waals surface area contributed by atoms with Gasteiger partial charge in [0.25, 0.3) is 0 Å². The van der Waals surface area contributed by atoms with Crippen molar-refractivity contribution in [3.8, 4) is 11.4 Å². The summed E-state index contributed by atoms with van der Waals surface area (Å²) in [6, 6.07) is 6.55. The Balaban J connectivity index is 1.54. The lowest BCUT2D eigenvalue weighted by molar-refractivity contribution is 0.236. The topological polar surface area (TPSA) is 49.7 Å². The predicted octanol–water partition coefficient (Wildman–Crippen LogP) is 2.82. The number of imidazole rings is 2. The van der Waals surface area contributed by atoms with Gasteiger partial charge in [0, 0.05) is 44.9 Å². The van der Waals surface area contributed by atoms with Crippen LogP contribution < -0.4 is 0 Å². The zero-order valence-corrected chi connectivity index (χ0v) is 13.9. The quantitative estimate of drug-likeness (QED) is 0.805. The van der Waals surface area contributed by atoms with Crippen LogP contribution in [-0.2, 0) is 26.6 Å². The Bertz CT molecular complexity index is 879. The van der Waals surface area contributed by atoms with Crippen molar-refractivity contribution in [3.63, 3.8) is 0 Å². The summed E-state index contributed by atoms with van der Waals surface area (Å²) in [5, 5.41) is 0. The van der Waals surface area contributed by atoms with Crippen LogP contribution in [0.25, 0.3) is 11.4 Å². The first-order valence-electron chi connectivity index (χ1n) is 8.13. The zero-order chi connectivity index (χ0) is 16.7. The normalized spacial score (nSPS) is 14.8. The number of aryl methyl sites for hydroxylation is 1. The highest BCUT2D eigenvalue weighted by Crippen LogP contribution is 2.24. The number of nitrogens with zero attached hydrogens (tertiary/aromatic N) is 4. The lowest BCUT2D eigenvalue weighted by Gasteiger charge is -2.25. The minimum atomic E-state index is -0.241. The number of halogens is 1. The van der Waals surface area contributed by atoms with Crippen molar-refractivity contribution in [2.45, 2.75) is 26.4 Å². The third-order valence-electron chi connectivity index (χ3n) is 4.71. The van der Waals surface area contributed by atoms with E-state index in [1.54, 1.807) is 6.07 Å². The maximum Gasteiger partial charge on any atom is 0.137 e. The number of benzene rings is 1. The lowest BCUT2D eigenvalue weighted by atomic mass is 10.1. The fourth-order valence-corrected chi connectivity index (χ4v) is 3.18. The van der Waals surface area contributed by atoms with E-state index in [0.29, 0.717) is 0 Å². The molecule has 3 heterocycles. The SMILES string of the molecule is Cc1ncc(CN2CCc3nc(-c4cccc(F)c4)[nH]c3C2)n1C. The number of nitrogens with one attached hydrogen (secondary N) is 1. The van der Waals surface area contributed by atoms with Gasteiger partial charge in [-0.25, -0.2) is 14.4 Å². The monoisotopic (exact) mass is 325 g/mol. The van der Waals surface area contributed by atoms with Gasteiger partial charge in [0.2, 0.25) is 0 Å². The fraction of sp³-hybridized carbons (Fsp3) is 0.333. The van der Waals surface area contributed by atoms with Crippen LogP contribution >= 0.6 is 0 Å². The molecular formula is C18H20FN5. The summed E-state index contributed by atoms with van der Waals surface area (Å²) in [7, 11) is 2.05. The van der Waals surface area contributed by atoms with E-state index in [1.807, 2.05) is 26.2 Å². The summed E-state index contributed by atoms with van der Waals surface area (Å²) >= 11 is 0. The van der Waals surface area contributed by atoms with Gasteiger partial charge in [-0.3, -0.25) is 4.90 Å². The highest BCUT2D eigenvalue weighted by Gasteiger charge is 2.21. The number of aromatic nitrogens is 4. The highest BCUT2D eigenvalue weighted by molar-refractivity contribution is 5.56. The maximum absolute atomic E-state index is 13.4. The van der Waals surface area contributed by atoms with Crippen LogP contribution in [0.1, 0.15) is 22.9 Å². The molecule has 4 rings (SSSR count). The Hall–Kier alpha value is -2.47. The summed E-state index contributed by atoms with van der Waals surface area (Å²) < 4.78 is 15.5. The Morgan fingerprint density at radius 3 is 2.96 bits per heavy atom. The first kappa shape index (κ1) is 15.1. The van der Waals surface area contributed by atoms with Gasteiger partial charge in [-0.1, -0.05) is 12.1 Å². The van der Waals surface area contributed by atoms with Crippen LogP contribution in [0, 0.1) is 12.7 Å². The summed E-state index contributed by atoms with van der Waals surface area (Å²) in [4.78, 5) is 14.8. The van der Waals surface area contributed by atoms with E-state index >= 15 is 0 Å². The van der Waals surface area contributed by atoms with Crippen molar-refractivity contribution in [2.24, 2.45) is 7.05 Å². The van der Waals surface area contributed by atoms with Crippen LogP contribution in [-0.4, -0.2) is 31.0 Å². The van der Waals surface area contributed by atoms with Gasteiger partial charge in [-0.2, -0.15) is 0 Å². The molecule has 0 bridgehead atoms. The third kappa shape index (κ3) is 2.73. The van der Waals surface area contributed by atoms with Crippen LogP contribution in [0.4, 0.5) is 4.39 Å². The second-order valence-electron chi connectivity index (χ2n) is 6.34. The molecule has 0 fully saturated rings. The van der Waals surface area contributed by atoms with Crippen LogP contribution in [0.15, 0.2) is 30.5 Å². The molecule has 2 aromatic heterocycles. The highest BCUT2D eigenvalue weighted by atomic mass is 19.1. The van der Waals surface area contributed by atoms with Gasteiger partial charge in [0.1, 0.15) is 17.5 Å². The predicted molar refractivity (Wildman–Crippen MR) is 89.7 cm³/mol. The minimum absolute atomic E-state index is 0.241. The second kappa shape index (κ2) is 5.87. The minimum Gasteiger partial charge on any atom is -0.341 e. The average Bonchev–Trinajstić information content (AvgIpc) is 3.13. The molecule has 1 aromatic carbocycles. The molecule has 5 nitrogen and oxygen atoms in total. The molecule has 0 unspecified atom stereocenters. The van der Waals surface area contributed by atoms with Crippen LogP contribution in [0.5, 0.6) is 0 Å². The first-order chi connectivity index (χ1) is 11.6. The number of rotatable bonds is 3. The van der Waals surface area contributed by atoms with Crippen molar-refractivity contribution in [3.05, 3.63) is 59.2 Å². The van der Waals surface area contributed by atoms with Crippen molar-refractivity contribution >= 4 is 0 Å².